The van der Waals surface area contributed by atoms with Gasteiger partial charge in [-0.2, -0.15) is 0 Å². The molecule has 5 nitrogen and oxygen atoms in total. The molecule has 7 heteroatoms. The number of anilines is 1. The van der Waals surface area contributed by atoms with E-state index in [-0.39, 0.29) is 11.7 Å². The van der Waals surface area contributed by atoms with Crippen molar-refractivity contribution in [3.8, 4) is 11.3 Å². The van der Waals surface area contributed by atoms with E-state index in [0.29, 0.717) is 10.3 Å². The van der Waals surface area contributed by atoms with Crippen LogP contribution in [0, 0.1) is 0 Å². The Balaban J connectivity index is 1.62. The average Bonchev–Trinajstić information content (AvgIpc) is 3.07. The summed E-state index contributed by atoms with van der Waals surface area (Å²) in [7, 11) is 0. The van der Waals surface area contributed by atoms with Crippen LogP contribution in [0.5, 0.6) is 0 Å². The number of nitrogens with one attached hydrogen (secondary N) is 1. The predicted molar refractivity (Wildman–Crippen MR) is 88.9 cm³/mol. The molecule has 0 bridgehead atoms. The summed E-state index contributed by atoms with van der Waals surface area (Å²) in [6, 6.07) is 11.7. The minimum atomic E-state index is -0.117. The average molecular weight is 328 g/mol. The van der Waals surface area contributed by atoms with Gasteiger partial charge in [-0.25, -0.2) is 15.0 Å². The van der Waals surface area contributed by atoms with Gasteiger partial charge in [0.1, 0.15) is 0 Å². The fourth-order valence-corrected chi connectivity index (χ4v) is 2.93. The molecule has 2 aromatic heterocycles. The molecule has 0 saturated heterocycles. The van der Waals surface area contributed by atoms with E-state index in [1.54, 1.807) is 12.4 Å². The molecule has 1 N–H and O–H groups in total. The number of thioether (sulfide) groups is 1. The van der Waals surface area contributed by atoms with Crippen molar-refractivity contribution < 1.29 is 4.79 Å². The van der Waals surface area contributed by atoms with E-state index in [4.69, 9.17) is 0 Å². The number of carbonyl (C=O) groups excluding carboxylic acids is 1. The molecule has 0 spiro atoms. The van der Waals surface area contributed by atoms with Crippen molar-refractivity contribution in [3.05, 3.63) is 54.2 Å². The number of carbonyl (C=O) groups is 1. The molecule has 0 aliphatic carbocycles. The lowest BCUT2D eigenvalue weighted by Crippen LogP contribution is -2.14. The van der Waals surface area contributed by atoms with Crippen LogP contribution in [-0.2, 0) is 4.79 Å². The lowest BCUT2D eigenvalue weighted by molar-refractivity contribution is -0.113. The van der Waals surface area contributed by atoms with Crippen LogP contribution >= 0.6 is 23.1 Å². The lowest BCUT2D eigenvalue weighted by Gasteiger charge is -2.04. The molecular weight excluding hydrogens is 316 g/mol. The largest absolute Gasteiger partial charge is 0.301 e. The Labute approximate surface area is 135 Å². The van der Waals surface area contributed by atoms with E-state index in [1.807, 2.05) is 41.8 Å². The van der Waals surface area contributed by atoms with Gasteiger partial charge in [0.15, 0.2) is 10.3 Å². The second-order valence-electron chi connectivity index (χ2n) is 4.26. The Bertz CT molecular complexity index is 747. The molecule has 0 saturated carbocycles. The second-order valence-corrected chi connectivity index (χ2v) is 6.10. The molecule has 0 unspecified atom stereocenters. The third-order valence-electron chi connectivity index (χ3n) is 2.71. The highest BCUT2D eigenvalue weighted by Gasteiger charge is 2.08. The van der Waals surface area contributed by atoms with Gasteiger partial charge in [0.25, 0.3) is 0 Å². The van der Waals surface area contributed by atoms with Crippen LogP contribution in [0.15, 0.2) is 59.3 Å². The zero-order chi connectivity index (χ0) is 15.2. The normalized spacial score (nSPS) is 10.4. The highest BCUT2D eigenvalue weighted by atomic mass is 32.2. The molecule has 3 aromatic rings. The molecule has 110 valence electrons. The summed E-state index contributed by atoms with van der Waals surface area (Å²) in [5.41, 5.74) is 1.87. The Morgan fingerprint density at radius 2 is 2.00 bits per heavy atom. The van der Waals surface area contributed by atoms with Gasteiger partial charge in [0.2, 0.25) is 5.91 Å². The molecule has 0 aliphatic rings. The van der Waals surface area contributed by atoms with Gasteiger partial charge in [-0.05, 0) is 6.07 Å². The van der Waals surface area contributed by atoms with Gasteiger partial charge >= 0.3 is 0 Å². The first kappa shape index (κ1) is 14.7. The van der Waals surface area contributed by atoms with Crippen LogP contribution in [0.3, 0.4) is 0 Å². The highest BCUT2D eigenvalue weighted by Crippen LogP contribution is 2.20. The van der Waals surface area contributed by atoms with Crippen LogP contribution < -0.4 is 5.32 Å². The van der Waals surface area contributed by atoms with Crippen LogP contribution in [0.4, 0.5) is 5.13 Å². The number of rotatable bonds is 5. The second kappa shape index (κ2) is 7.15. The van der Waals surface area contributed by atoms with Crippen LogP contribution in [-0.4, -0.2) is 26.6 Å². The van der Waals surface area contributed by atoms with Gasteiger partial charge in [0.05, 0.1) is 11.4 Å². The fourth-order valence-electron chi connectivity index (χ4n) is 1.75. The minimum Gasteiger partial charge on any atom is -0.301 e. The van der Waals surface area contributed by atoms with Crippen molar-refractivity contribution >= 4 is 34.1 Å². The first-order chi connectivity index (χ1) is 10.8. The summed E-state index contributed by atoms with van der Waals surface area (Å²) in [4.78, 5) is 24.5. The first-order valence-corrected chi connectivity index (χ1v) is 8.38. The summed E-state index contributed by atoms with van der Waals surface area (Å²) in [5, 5.41) is 5.73. The van der Waals surface area contributed by atoms with Crippen molar-refractivity contribution in [2.45, 2.75) is 5.16 Å². The molecular formula is C15H12N4OS2. The SMILES string of the molecule is O=C(CSc1nccc(-c2ccccc2)n1)Nc1nccs1. The molecule has 0 fully saturated rings. The number of hydrogen-bond acceptors (Lipinski definition) is 6. The van der Waals surface area contributed by atoms with Crippen molar-refractivity contribution in [3.63, 3.8) is 0 Å². The van der Waals surface area contributed by atoms with Gasteiger partial charge < -0.3 is 5.32 Å². The maximum absolute atomic E-state index is 11.8. The quantitative estimate of drug-likeness (QED) is 0.575. The van der Waals surface area contributed by atoms with Crippen LogP contribution in [0.2, 0.25) is 0 Å². The smallest absolute Gasteiger partial charge is 0.236 e. The molecule has 22 heavy (non-hydrogen) atoms. The van der Waals surface area contributed by atoms with Gasteiger partial charge in [-0.3, -0.25) is 4.79 Å². The molecule has 0 radical (unpaired) electrons. The third kappa shape index (κ3) is 3.90. The summed E-state index contributed by atoms with van der Waals surface area (Å²) in [5.74, 6) is 0.131. The zero-order valence-electron chi connectivity index (χ0n) is 11.5. The summed E-state index contributed by atoms with van der Waals surface area (Å²) < 4.78 is 0. The molecule has 1 aromatic carbocycles. The van der Waals surface area contributed by atoms with Crippen molar-refractivity contribution in [1.29, 1.82) is 0 Å². The standard InChI is InChI=1S/C15H12N4OS2/c20-13(19-15-17-8-9-21-15)10-22-14-16-7-6-12(18-14)11-4-2-1-3-5-11/h1-9H,10H2,(H,17,19,20). The maximum atomic E-state index is 11.8. The lowest BCUT2D eigenvalue weighted by atomic mass is 10.1. The van der Waals surface area contributed by atoms with Crippen LogP contribution in [0.25, 0.3) is 11.3 Å². The number of nitrogens with zero attached hydrogens (tertiary/aromatic N) is 3. The number of aromatic nitrogens is 3. The van der Waals surface area contributed by atoms with E-state index in [0.717, 1.165) is 11.3 Å². The van der Waals surface area contributed by atoms with Crippen molar-refractivity contribution in [1.82, 2.24) is 15.0 Å². The van der Waals surface area contributed by atoms with Gasteiger partial charge in [-0.1, -0.05) is 42.1 Å². The molecule has 3 rings (SSSR count). The third-order valence-corrected chi connectivity index (χ3v) is 4.26. The summed E-state index contributed by atoms with van der Waals surface area (Å²) in [6.07, 6.45) is 3.36. The molecule has 2 heterocycles. The highest BCUT2D eigenvalue weighted by molar-refractivity contribution is 7.99. The zero-order valence-corrected chi connectivity index (χ0v) is 13.1. The first-order valence-electron chi connectivity index (χ1n) is 6.52. The van der Waals surface area contributed by atoms with Gasteiger partial charge in [-0.15, -0.1) is 11.3 Å². The number of hydrogen-bond donors (Lipinski definition) is 1. The van der Waals surface area contributed by atoms with Crippen LogP contribution in [0.1, 0.15) is 0 Å². The number of amides is 1. The molecule has 0 aliphatic heterocycles. The van der Waals surface area contributed by atoms with E-state index in [2.05, 4.69) is 20.3 Å². The van der Waals surface area contributed by atoms with E-state index >= 15 is 0 Å². The Hall–Kier alpha value is -2.25. The monoisotopic (exact) mass is 328 g/mol. The topological polar surface area (TPSA) is 67.8 Å². The van der Waals surface area contributed by atoms with Crippen molar-refractivity contribution in [2.24, 2.45) is 0 Å². The Morgan fingerprint density at radius 1 is 1.14 bits per heavy atom. The predicted octanol–water partition coefficient (Wildman–Crippen LogP) is 3.33. The van der Waals surface area contributed by atoms with E-state index in [9.17, 15) is 4.79 Å². The van der Waals surface area contributed by atoms with E-state index in [1.165, 1.54) is 23.1 Å². The summed E-state index contributed by atoms with van der Waals surface area (Å²) >= 11 is 2.69. The number of benzene rings is 1. The molecule has 0 atom stereocenters. The van der Waals surface area contributed by atoms with Crippen molar-refractivity contribution in [2.75, 3.05) is 11.1 Å². The fraction of sp³-hybridized carbons (Fsp3) is 0.0667. The van der Waals surface area contributed by atoms with E-state index < -0.39 is 0 Å². The Kier molecular flexibility index (Phi) is 4.77. The minimum absolute atomic E-state index is 0.117. The maximum Gasteiger partial charge on any atom is 0.236 e. The Morgan fingerprint density at radius 3 is 2.77 bits per heavy atom. The summed E-state index contributed by atoms with van der Waals surface area (Å²) in [6.45, 7) is 0. The van der Waals surface area contributed by atoms with Gasteiger partial charge in [0, 0.05) is 23.3 Å². The molecule has 1 amide bonds. The number of thiazole rings is 1.